The number of thioether (sulfide) groups is 1. The first-order valence-corrected chi connectivity index (χ1v) is 10.1. The monoisotopic (exact) mass is 379 g/mol. The Labute approximate surface area is 165 Å². The number of carbonyl (C=O) groups excluding carboxylic acids is 1. The number of amides is 1. The van der Waals surface area contributed by atoms with Gasteiger partial charge in [-0.05, 0) is 55.5 Å². The number of carbonyl (C=O) groups is 1. The number of hydrogen-bond acceptors (Lipinski definition) is 4. The first-order chi connectivity index (χ1) is 13.1. The Kier molecular flexibility index (Phi) is 6.48. The molecular formula is C22H25N3OS. The lowest BCUT2D eigenvalue weighted by Gasteiger charge is -2.24. The van der Waals surface area contributed by atoms with E-state index in [1.807, 2.05) is 60.7 Å². The lowest BCUT2D eigenvalue weighted by Crippen LogP contribution is -2.40. The van der Waals surface area contributed by atoms with E-state index in [1.54, 1.807) is 4.90 Å². The van der Waals surface area contributed by atoms with Crippen molar-refractivity contribution in [3.8, 4) is 0 Å². The predicted molar refractivity (Wildman–Crippen MR) is 115 cm³/mol. The summed E-state index contributed by atoms with van der Waals surface area (Å²) in [6.07, 6.45) is 1.94. The van der Waals surface area contributed by atoms with Gasteiger partial charge in [0.2, 0.25) is 0 Å². The highest BCUT2D eigenvalue weighted by Crippen LogP contribution is 2.34. The Balaban J connectivity index is 1.94. The summed E-state index contributed by atoms with van der Waals surface area (Å²) in [6, 6.07) is 18.0. The molecule has 0 aromatic heterocycles. The summed E-state index contributed by atoms with van der Waals surface area (Å²) in [5, 5.41) is 0.734. The molecule has 1 heterocycles. The van der Waals surface area contributed by atoms with E-state index in [9.17, 15) is 4.79 Å². The largest absolute Gasteiger partial charge is 0.286 e. The second kappa shape index (κ2) is 9.02. The Morgan fingerprint density at radius 2 is 1.70 bits per heavy atom. The maximum Gasteiger partial charge on any atom is 0.267 e. The smallest absolute Gasteiger partial charge is 0.267 e. The van der Waals surface area contributed by atoms with Crippen LogP contribution in [0, 0.1) is 6.92 Å². The van der Waals surface area contributed by atoms with Crippen LogP contribution in [-0.4, -0.2) is 40.6 Å². The summed E-state index contributed by atoms with van der Waals surface area (Å²) in [5.74, 6) is 0.0154. The zero-order valence-corrected chi connectivity index (χ0v) is 16.9. The quantitative estimate of drug-likeness (QED) is 0.670. The van der Waals surface area contributed by atoms with Crippen molar-refractivity contribution in [3.05, 3.63) is 70.6 Å². The predicted octanol–water partition coefficient (Wildman–Crippen LogP) is 4.90. The highest BCUT2D eigenvalue weighted by molar-refractivity contribution is 8.18. The zero-order chi connectivity index (χ0) is 19.2. The van der Waals surface area contributed by atoms with Gasteiger partial charge >= 0.3 is 0 Å². The van der Waals surface area contributed by atoms with Gasteiger partial charge in [-0.3, -0.25) is 14.6 Å². The summed E-state index contributed by atoms with van der Waals surface area (Å²) >= 11 is 1.44. The highest BCUT2D eigenvalue weighted by atomic mass is 32.2. The molecule has 1 fully saturated rings. The molecule has 1 aliphatic rings. The topological polar surface area (TPSA) is 35.9 Å². The number of aliphatic imine (C=N–C) groups is 1. The average molecular weight is 380 g/mol. The molecule has 0 radical (unpaired) electrons. The van der Waals surface area contributed by atoms with Crippen LogP contribution in [0.3, 0.4) is 0 Å². The second-order valence-corrected chi connectivity index (χ2v) is 7.44. The van der Waals surface area contributed by atoms with E-state index < -0.39 is 0 Å². The van der Waals surface area contributed by atoms with Crippen LogP contribution in [0.25, 0.3) is 6.08 Å². The summed E-state index contributed by atoms with van der Waals surface area (Å²) in [6.45, 7) is 8.60. The number of aryl methyl sites for hydroxylation is 1. The minimum atomic E-state index is 0.0154. The zero-order valence-electron chi connectivity index (χ0n) is 16.1. The molecule has 0 spiro atoms. The molecule has 0 bridgehead atoms. The van der Waals surface area contributed by atoms with Crippen LogP contribution in [-0.2, 0) is 4.79 Å². The molecule has 0 aliphatic carbocycles. The van der Waals surface area contributed by atoms with Gasteiger partial charge in [0.05, 0.1) is 17.3 Å². The third-order valence-electron chi connectivity index (χ3n) is 4.48. The van der Waals surface area contributed by atoms with Crippen molar-refractivity contribution in [2.45, 2.75) is 20.8 Å². The van der Waals surface area contributed by atoms with Gasteiger partial charge in [0.25, 0.3) is 5.91 Å². The number of rotatable bonds is 6. The lowest BCUT2D eigenvalue weighted by molar-refractivity contribution is -0.123. The molecule has 5 heteroatoms. The van der Waals surface area contributed by atoms with Crippen LogP contribution in [0.5, 0.6) is 0 Å². The van der Waals surface area contributed by atoms with E-state index in [0.717, 1.165) is 29.5 Å². The van der Waals surface area contributed by atoms with E-state index in [2.05, 4.69) is 25.7 Å². The van der Waals surface area contributed by atoms with Gasteiger partial charge in [0, 0.05) is 0 Å². The minimum absolute atomic E-state index is 0.0154. The van der Waals surface area contributed by atoms with Crippen LogP contribution in [0.4, 0.5) is 5.69 Å². The molecule has 0 saturated carbocycles. The molecule has 1 aliphatic heterocycles. The van der Waals surface area contributed by atoms with Crippen molar-refractivity contribution < 1.29 is 4.79 Å². The van der Waals surface area contributed by atoms with Gasteiger partial charge < -0.3 is 0 Å². The van der Waals surface area contributed by atoms with E-state index in [-0.39, 0.29) is 5.91 Å². The van der Waals surface area contributed by atoms with Crippen LogP contribution < -0.4 is 0 Å². The van der Waals surface area contributed by atoms with Crippen molar-refractivity contribution in [1.82, 2.24) is 9.80 Å². The summed E-state index contributed by atoms with van der Waals surface area (Å²) in [5.41, 5.74) is 3.08. The highest BCUT2D eigenvalue weighted by Gasteiger charge is 2.34. The number of nitrogens with zero attached hydrogens (tertiary/aromatic N) is 3. The summed E-state index contributed by atoms with van der Waals surface area (Å²) < 4.78 is 0. The average Bonchev–Trinajstić information content (AvgIpc) is 2.97. The van der Waals surface area contributed by atoms with E-state index >= 15 is 0 Å². The van der Waals surface area contributed by atoms with E-state index in [0.29, 0.717) is 11.6 Å². The molecule has 0 unspecified atom stereocenters. The second-order valence-electron chi connectivity index (χ2n) is 6.43. The fraction of sp³-hybridized carbons (Fsp3) is 0.273. The Hall–Kier alpha value is -2.37. The van der Waals surface area contributed by atoms with Crippen LogP contribution in [0.1, 0.15) is 25.0 Å². The molecule has 27 heavy (non-hydrogen) atoms. The van der Waals surface area contributed by atoms with Gasteiger partial charge in [0.15, 0.2) is 5.17 Å². The standard InChI is InChI=1S/C22H25N3OS/c1-4-24(5-2)16-25-21(26)20(15-18-9-7-6-8-10-18)27-22(25)23-19-13-11-17(3)12-14-19/h6-15H,4-5,16H2,1-3H3/b20-15+,23-22?. The maximum absolute atomic E-state index is 13.1. The van der Waals surface area contributed by atoms with Crippen LogP contribution in [0.15, 0.2) is 64.5 Å². The minimum Gasteiger partial charge on any atom is -0.286 e. The molecular weight excluding hydrogens is 354 g/mol. The van der Waals surface area contributed by atoms with Crippen molar-refractivity contribution in [2.75, 3.05) is 19.8 Å². The van der Waals surface area contributed by atoms with E-state index in [4.69, 9.17) is 4.99 Å². The molecule has 3 rings (SSSR count). The fourth-order valence-corrected chi connectivity index (χ4v) is 3.76. The Morgan fingerprint density at radius 3 is 2.33 bits per heavy atom. The van der Waals surface area contributed by atoms with Gasteiger partial charge in [-0.1, -0.05) is 61.9 Å². The van der Waals surface area contributed by atoms with Gasteiger partial charge in [-0.15, -0.1) is 0 Å². The first-order valence-electron chi connectivity index (χ1n) is 9.25. The molecule has 2 aromatic rings. The SMILES string of the molecule is CCN(CC)CN1C(=O)/C(=C\c2ccccc2)SC1=Nc1ccc(C)cc1. The van der Waals surface area contributed by atoms with Gasteiger partial charge in [-0.2, -0.15) is 0 Å². The maximum atomic E-state index is 13.1. The van der Waals surface area contributed by atoms with Gasteiger partial charge in [0.1, 0.15) is 0 Å². The third-order valence-corrected chi connectivity index (χ3v) is 5.49. The molecule has 1 amide bonds. The number of hydrogen-bond donors (Lipinski definition) is 0. The molecule has 2 aromatic carbocycles. The molecule has 0 atom stereocenters. The first kappa shape index (κ1) is 19.4. The van der Waals surface area contributed by atoms with Crippen molar-refractivity contribution in [1.29, 1.82) is 0 Å². The van der Waals surface area contributed by atoms with Gasteiger partial charge in [-0.25, -0.2) is 4.99 Å². The third kappa shape index (κ3) is 4.87. The number of benzene rings is 2. The Bertz CT molecular complexity index is 840. The Morgan fingerprint density at radius 1 is 1.04 bits per heavy atom. The van der Waals surface area contributed by atoms with E-state index in [1.165, 1.54) is 17.3 Å². The molecule has 140 valence electrons. The summed E-state index contributed by atoms with van der Waals surface area (Å²) in [7, 11) is 0. The van der Waals surface area contributed by atoms with Crippen molar-refractivity contribution in [2.24, 2.45) is 4.99 Å². The molecule has 1 saturated heterocycles. The molecule has 0 N–H and O–H groups in total. The van der Waals surface area contributed by atoms with Crippen LogP contribution in [0.2, 0.25) is 0 Å². The number of amidine groups is 1. The van der Waals surface area contributed by atoms with Crippen LogP contribution >= 0.6 is 11.8 Å². The van der Waals surface area contributed by atoms with Crippen molar-refractivity contribution >= 4 is 34.6 Å². The summed E-state index contributed by atoms with van der Waals surface area (Å²) in [4.78, 5) is 22.5. The molecule has 4 nitrogen and oxygen atoms in total. The lowest BCUT2D eigenvalue weighted by atomic mass is 10.2. The fourth-order valence-electron chi connectivity index (χ4n) is 2.77. The normalized spacial score (nSPS) is 17.5. The van der Waals surface area contributed by atoms with Crippen molar-refractivity contribution in [3.63, 3.8) is 0 Å².